The molecular formula is C13H20N4O. The Labute approximate surface area is 107 Å². The smallest absolute Gasteiger partial charge is 0.271 e. The zero-order valence-corrected chi connectivity index (χ0v) is 11.3. The van der Waals surface area contributed by atoms with Crippen molar-refractivity contribution >= 4 is 5.82 Å². The first kappa shape index (κ1) is 14.2. The number of nitrogens with one attached hydrogen (secondary N) is 1. The van der Waals surface area contributed by atoms with Gasteiger partial charge >= 0.3 is 0 Å². The molecule has 0 bridgehead atoms. The van der Waals surface area contributed by atoms with E-state index in [0.29, 0.717) is 11.6 Å². The molecule has 18 heavy (non-hydrogen) atoms. The van der Waals surface area contributed by atoms with E-state index >= 15 is 0 Å². The number of aromatic amines is 1. The largest absolute Gasteiger partial charge is 0.356 e. The summed E-state index contributed by atoms with van der Waals surface area (Å²) in [7, 11) is 0. The van der Waals surface area contributed by atoms with Crippen LogP contribution in [-0.4, -0.2) is 23.1 Å². The van der Waals surface area contributed by atoms with Crippen molar-refractivity contribution in [3.05, 3.63) is 21.7 Å². The molecule has 5 heteroatoms. The lowest BCUT2D eigenvalue weighted by Gasteiger charge is -2.20. The van der Waals surface area contributed by atoms with Gasteiger partial charge in [-0.1, -0.05) is 13.3 Å². The quantitative estimate of drug-likeness (QED) is 0.833. The predicted molar refractivity (Wildman–Crippen MR) is 71.7 cm³/mol. The van der Waals surface area contributed by atoms with E-state index in [9.17, 15) is 4.79 Å². The highest BCUT2D eigenvalue weighted by Crippen LogP contribution is 2.13. The Hall–Kier alpha value is -1.83. The minimum atomic E-state index is -0.333. The van der Waals surface area contributed by atoms with E-state index in [2.05, 4.69) is 16.9 Å². The van der Waals surface area contributed by atoms with E-state index in [1.165, 1.54) is 0 Å². The van der Waals surface area contributed by atoms with Gasteiger partial charge in [-0.2, -0.15) is 5.26 Å². The predicted octanol–water partition coefficient (Wildman–Crippen LogP) is 1.83. The molecule has 0 aliphatic heterocycles. The third kappa shape index (κ3) is 3.10. The van der Waals surface area contributed by atoms with Crippen LogP contribution in [0.15, 0.2) is 4.79 Å². The minimum Gasteiger partial charge on any atom is -0.356 e. The summed E-state index contributed by atoms with van der Waals surface area (Å²) in [6.07, 6.45) is 2.77. The molecule has 0 saturated heterocycles. The summed E-state index contributed by atoms with van der Waals surface area (Å²) in [5.41, 5.74) is -0.223. The van der Waals surface area contributed by atoms with E-state index in [-0.39, 0.29) is 11.1 Å². The third-order valence-corrected chi connectivity index (χ3v) is 2.89. The van der Waals surface area contributed by atoms with E-state index in [4.69, 9.17) is 5.26 Å². The van der Waals surface area contributed by atoms with Crippen LogP contribution in [-0.2, 0) is 6.42 Å². The van der Waals surface area contributed by atoms with Crippen LogP contribution in [0.2, 0.25) is 0 Å². The Morgan fingerprint density at radius 2 is 2.00 bits per heavy atom. The molecule has 0 aliphatic rings. The number of anilines is 1. The lowest BCUT2D eigenvalue weighted by atomic mass is 10.2. The van der Waals surface area contributed by atoms with Crippen molar-refractivity contribution in [2.24, 2.45) is 0 Å². The van der Waals surface area contributed by atoms with Gasteiger partial charge < -0.3 is 9.88 Å². The SMILES string of the molecule is CCCCc1nc(N(CC)CC)c(C#N)c(=O)[nH]1. The van der Waals surface area contributed by atoms with Crippen molar-refractivity contribution in [1.82, 2.24) is 9.97 Å². The van der Waals surface area contributed by atoms with Crippen molar-refractivity contribution in [3.8, 4) is 6.07 Å². The monoisotopic (exact) mass is 248 g/mol. The molecule has 0 radical (unpaired) electrons. The van der Waals surface area contributed by atoms with Gasteiger partial charge in [0.15, 0.2) is 11.4 Å². The van der Waals surface area contributed by atoms with E-state index in [0.717, 1.165) is 32.4 Å². The second-order valence-electron chi connectivity index (χ2n) is 4.10. The van der Waals surface area contributed by atoms with Gasteiger partial charge in [0, 0.05) is 19.5 Å². The van der Waals surface area contributed by atoms with Gasteiger partial charge in [0.2, 0.25) is 0 Å². The number of unbranched alkanes of at least 4 members (excludes halogenated alkanes) is 1. The number of hydrogen-bond donors (Lipinski definition) is 1. The second-order valence-corrected chi connectivity index (χ2v) is 4.10. The molecule has 1 aromatic heterocycles. The molecule has 0 amide bonds. The topological polar surface area (TPSA) is 72.8 Å². The number of nitrogens with zero attached hydrogens (tertiary/aromatic N) is 3. The van der Waals surface area contributed by atoms with E-state index in [1.54, 1.807) is 0 Å². The second kappa shape index (κ2) is 6.80. The summed E-state index contributed by atoms with van der Waals surface area (Å²) in [6.45, 7) is 7.52. The number of rotatable bonds is 6. The fourth-order valence-electron chi connectivity index (χ4n) is 1.82. The molecule has 1 heterocycles. The average Bonchev–Trinajstić information content (AvgIpc) is 2.37. The molecule has 98 valence electrons. The first-order chi connectivity index (χ1) is 8.67. The number of hydrogen-bond acceptors (Lipinski definition) is 4. The van der Waals surface area contributed by atoms with Crippen LogP contribution in [0.5, 0.6) is 0 Å². The molecule has 5 nitrogen and oxygen atoms in total. The Morgan fingerprint density at radius 3 is 2.50 bits per heavy atom. The van der Waals surface area contributed by atoms with Crippen LogP contribution in [0.25, 0.3) is 0 Å². The maximum Gasteiger partial charge on any atom is 0.271 e. The molecule has 1 rings (SSSR count). The number of aryl methyl sites for hydroxylation is 1. The Balaban J connectivity index is 3.24. The zero-order valence-electron chi connectivity index (χ0n) is 11.3. The van der Waals surface area contributed by atoms with Gasteiger partial charge in [0.1, 0.15) is 11.9 Å². The molecule has 0 atom stereocenters. The summed E-state index contributed by atoms with van der Waals surface area (Å²) in [5, 5.41) is 9.07. The summed E-state index contributed by atoms with van der Waals surface area (Å²) < 4.78 is 0. The van der Waals surface area contributed by atoms with E-state index < -0.39 is 0 Å². The van der Waals surface area contributed by atoms with Gasteiger partial charge in [-0.25, -0.2) is 4.98 Å². The maximum absolute atomic E-state index is 11.8. The van der Waals surface area contributed by atoms with Crippen molar-refractivity contribution in [2.45, 2.75) is 40.0 Å². The lowest BCUT2D eigenvalue weighted by molar-refractivity contribution is 0.737. The van der Waals surface area contributed by atoms with Crippen LogP contribution in [0.3, 0.4) is 0 Å². The summed E-state index contributed by atoms with van der Waals surface area (Å²) in [5.74, 6) is 1.18. The number of aromatic nitrogens is 2. The Kier molecular flexibility index (Phi) is 5.37. The normalized spacial score (nSPS) is 10.1. The average molecular weight is 248 g/mol. The molecule has 0 aliphatic carbocycles. The van der Waals surface area contributed by atoms with Crippen LogP contribution in [0.1, 0.15) is 45.0 Å². The van der Waals surface area contributed by atoms with Crippen molar-refractivity contribution < 1.29 is 0 Å². The zero-order chi connectivity index (χ0) is 13.5. The summed E-state index contributed by atoms with van der Waals surface area (Å²) in [4.78, 5) is 20.9. The molecule has 0 fully saturated rings. The standard InChI is InChI=1S/C13H20N4O/c1-4-7-8-11-15-12(17(5-2)6-3)10(9-14)13(18)16-11/h4-8H2,1-3H3,(H,15,16,18). The molecule has 1 aromatic rings. The van der Waals surface area contributed by atoms with Crippen LogP contribution in [0.4, 0.5) is 5.82 Å². The van der Waals surface area contributed by atoms with Crippen LogP contribution in [0, 0.1) is 11.3 Å². The minimum absolute atomic E-state index is 0.110. The Morgan fingerprint density at radius 1 is 1.33 bits per heavy atom. The van der Waals surface area contributed by atoms with Gasteiger partial charge in [-0.3, -0.25) is 4.79 Å². The van der Waals surface area contributed by atoms with Gasteiger partial charge in [0.25, 0.3) is 5.56 Å². The van der Waals surface area contributed by atoms with E-state index in [1.807, 2.05) is 24.8 Å². The first-order valence-corrected chi connectivity index (χ1v) is 6.46. The highest BCUT2D eigenvalue weighted by atomic mass is 16.1. The molecular weight excluding hydrogens is 228 g/mol. The lowest BCUT2D eigenvalue weighted by Crippen LogP contribution is -2.28. The third-order valence-electron chi connectivity index (χ3n) is 2.89. The van der Waals surface area contributed by atoms with Crippen molar-refractivity contribution in [2.75, 3.05) is 18.0 Å². The molecule has 0 saturated carbocycles. The van der Waals surface area contributed by atoms with Gasteiger partial charge in [0.05, 0.1) is 0 Å². The van der Waals surface area contributed by atoms with Crippen LogP contribution >= 0.6 is 0 Å². The fourth-order valence-corrected chi connectivity index (χ4v) is 1.82. The Bertz CT molecular complexity index is 483. The van der Waals surface area contributed by atoms with Crippen molar-refractivity contribution in [3.63, 3.8) is 0 Å². The molecule has 0 unspecified atom stereocenters. The van der Waals surface area contributed by atoms with Crippen LogP contribution < -0.4 is 10.5 Å². The fraction of sp³-hybridized carbons (Fsp3) is 0.615. The maximum atomic E-state index is 11.8. The molecule has 0 spiro atoms. The van der Waals surface area contributed by atoms with Gasteiger partial charge in [-0.05, 0) is 20.3 Å². The number of nitriles is 1. The number of H-pyrrole nitrogens is 1. The molecule has 0 aromatic carbocycles. The highest BCUT2D eigenvalue weighted by Gasteiger charge is 2.15. The first-order valence-electron chi connectivity index (χ1n) is 6.46. The van der Waals surface area contributed by atoms with Gasteiger partial charge in [-0.15, -0.1) is 0 Å². The summed E-state index contributed by atoms with van der Waals surface area (Å²) in [6, 6.07) is 1.95. The molecule has 1 N–H and O–H groups in total. The summed E-state index contributed by atoms with van der Waals surface area (Å²) >= 11 is 0. The highest BCUT2D eigenvalue weighted by molar-refractivity contribution is 5.52. The van der Waals surface area contributed by atoms with Crippen molar-refractivity contribution in [1.29, 1.82) is 5.26 Å².